The van der Waals surface area contributed by atoms with Crippen LogP contribution in [0.3, 0.4) is 0 Å². The molecule has 1 aliphatic carbocycles. The van der Waals surface area contributed by atoms with E-state index < -0.39 is 0 Å². The van der Waals surface area contributed by atoms with Crippen molar-refractivity contribution >= 4 is 28.0 Å². The maximum Gasteiger partial charge on any atom is 0.236 e. The molecule has 0 atom stereocenters. The van der Waals surface area contributed by atoms with Crippen molar-refractivity contribution in [2.75, 3.05) is 46.4 Å². The van der Waals surface area contributed by atoms with Crippen molar-refractivity contribution in [1.29, 1.82) is 0 Å². The second-order valence-corrected chi connectivity index (χ2v) is 10.9. The molecule has 2 aliphatic heterocycles. The van der Waals surface area contributed by atoms with Gasteiger partial charge in [0.05, 0.1) is 19.3 Å². The van der Waals surface area contributed by atoms with E-state index in [0.29, 0.717) is 6.54 Å². The number of hydrogen-bond acceptors (Lipinski definition) is 6. The molecule has 1 aromatic heterocycles. The summed E-state index contributed by atoms with van der Waals surface area (Å²) in [5, 5.41) is 3.43. The van der Waals surface area contributed by atoms with E-state index in [9.17, 15) is 4.79 Å². The zero-order chi connectivity index (χ0) is 23.1. The minimum absolute atomic E-state index is 0.284. The highest BCUT2D eigenvalue weighted by molar-refractivity contribution is 7.15. The maximum absolute atomic E-state index is 13.0. The lowest BCUT2D eigenvalue weighted by molar-refractivity contribution is -0.135. The van der Waals surface area contributed by atoms with Gasteiger partial charge in [0, 0.05) is 62.2 Å². The number of carbonyl (C=O) groups is 1. The largest absolute Gasteiger partial charge is 0.497 e. The number of carbonyl (C=O) groups excluding carboxylic acids is 1. The van der Waals surface area contributed by atoms with E-state index in [1.807, 2.05) is 6.07 Å². The molecule has 3 aliphatic rings. The Labute approximate surface area is 205 Å². The van der Waals surface area contributed by atoms with Crippen LogP contribution in [0.2, 0.25) is 0 Å². The van der Waals surface area contributed by atoms with Gasteiger partial charge in [-0.3, -0.25) is 14.6 Å². The Morgan fingerprint density at radius 1 is 1.06 bits per heavy atom. The van der Waals surface area contributed by atoms with Crippen molar-refractivity contribution < 1.29 is 9.53 Å². The van der Waals surface area contributed by atoms with Crippen LogP contribution in [0, 0.1) is 0 Å². The topological polar surface area (TPSA) is 48.9 Å². The summed E-state index contributed by atoms with van der Waals surface area (Å²) in [7, 11) is 1.70. The number of rotatable bonds is 5. The van der Waals surface area contributed by atoms with E-state index in [0.717, 1.165) is 68.1 Å². The Morgan fingerprint density at radius 2 is 1.85 bits per heavy atom. The van der Waals surface area contributed by atoms with E-state index in [4.69, 9.17) is 9.72 Å². The van der Waals surface area contributed by atoms with Crippen LogP contribution < -0.4 is 4.74 Å². The number of ether oxygens (including phenoxy) is 1. The van der Waals surface area contributed by atoms with Crippen molar-refractivity contribution in [2.24, 2.45) is 0 Å². The van der Waals surface area contributed by atoms with Crippen molar-refractivity contribution in [3.05, 3.63) is 47.0 Å². The normalized spacial score (nSPS) is 19.7. The van der Waals surface area contributed by atoms with Crippen LogP contribution in [0.4, 0.5) is 0 Å². The highest BCUT2D eigenvalue weighted by Crippen LogP contribution is 2.34. The number of fused-ring (bicyclic) bond motifs is 2. The van der Waals surface area contributed by atoms with Gasteiger partial charge in [-0.05, 0) is 41.8 Å². The highest BCUT2D eigenvalue weighted by atomic mass is 32.1. The molecule has 6 rings (SSSR count). The number of piperazine rings is 1. The van der Waals surface area contributed by atoms with Crippen molar-refractivity contribution in [2.45, 2.75) is 38.3 Å². The summed E-state index contributed by atoms with van der Waals surface area (Å²) in [6.07, 6.45) is 4.97. The van der Waals surface area contributed by atoms with Crippen LogP contribution in [-0.2, 0) is 17.8 Å². The van der Waals surface area contributed by atoms with Gasteiger partial charge >= 0.3 is 0 Å². The van der Waals surface area contributed by atoms with Gasteiger partial charge in [-0.25, -0.2) is 4.98 Å². The van der Waals surface area contributed by atoms with E-state index in [-0.39, 0.29) is 5.91 Å². The lowest BCUT2D eigenvalue weighted by atomic mass is 9.91. The molecule has 1 amide bonds. The van der Waals surface area contributed by atoms with Crippen molar-refractivity contribution in [1.82, 2.24) is 19.7 Å². The summed E-state index contributed by atoms with van der Waals surface area (Å²) in [6, 6.07) is 13.5. The van der Waals surface area contributed by atoms with Gasteiger partial charge in [0.25, 0.3) is 0 Å². The van der Waals surface area contributed by atoms with E-state index >= 15 is 0 Å². The average molecular weight is 477 g/mol. The van der Waals surface area contributed by atoms with E-state index in [1.165, 1.54) is 40.6 Å². The minimum Gasteiger partial charge on any atom is -0.497 e. The van der Waals surface area contributed by atoms with Gasteiger partial charge in [0.15, 0.2) is 0 Å². The fraction of sp³-hybridized carbons (Fsp3) is 0.481. The first-order chi connectivity index (χ1) is 16.7. The zero-order valence-electron chi connectivity index (χ0n) is 19.8. The molecule has 7 heteroatoms. The van der Waals surface area contributed by atoms with E-state index in [1.54, 1.807) is 18.4 Å². The second kappa shape index (κ2) is 9.29. The first kappa shape index (κ1) is 22.0. The molecular weight excluding hydrogens is 444 g/mol. The fourth-order valence-electron chi connectivity index (χ4n) is 5.37. The standard InChI is InChI=1S/C27H32N4O2S/c1-33-23-8-7-19-15-21(6-5-20(19)16-23)27-28-24-9-10-29(17-25(24)34-27)18-26(32)31-13-11-30(12-14-31)22-3-2-4-22/h5-8,15-16,22H,2-4,9-14,17-18H2,1H3. The van der Waals surface area contributed by atoms with Crippen molar-refractivity contribution in [3.8, 4) is 16.3 Å². The lowest BCUT2D eigenvalue weighted by Crippen LogP contribution is -2.55. The molecule has 34 heavy (non-hydrogen) atoms. The molecule has 2 fully saturated rings. The number of hydrogen-bond donors (Lipinski definition) is 0. The molecule has 6 nitrogen and oxygen atoms in total. The molecule has 0 bridgehead atoms. The first-order valence-electron chi connectivity index (χ1n) is 12.5. The number of amides is 1. The van der Waals surface area contributed by atoms with Crippen LogP contribution in [0.15, 0.2) is 36.4 Å². The molecular formula is C27H32N4O2S. The number of nitrogens with zero attached hydrogens (tertiary/aromatic N) is 4. The monoisotopic (exact) mass is 476 g/mol. The van der Waals surface area contributed by atoms with Gasteiger partial charge in [0.2, 0.25) is 5.91 Å². The van der Waals surface area contributed by atoms with Gasteiger partial charge in [-0.2, -0.15) is 0 Å². The molecule has 1 saturated heterocycles. The molecule has 0 unspecified atom stereocenters. The maximum atomic E-state index is 13.0. The predicted octanol–water partition coefficient (Wildman–Crippen LogP) is 4.03. The summed E-state index contributed by atoms with van der Waals surface area (Å²) in [4.78, 5) is 26.2. The third-order valence-corrected chi connectivity index (χ3v) is 8.85. The number of aromatic nitrogens is 1. The van der Waals surface area contributed by atoms with Crippen LogP contribution in [-0.4, -0.2) is 78.0 Å². The predicted molar refractivity (Wildman–Crippen MR) is 136 cm³/mol. The molecule has 0 N–H and O–H groups in total. The van der Waals surface area contributed by atoms with Crippen LogP contribution >= 0.6 is 11.3 Å². The summed E-state index contributed by atoms with van der Waals surface area (Å²) >= 11 is 1.77. The quantitative estimate of drug-likeness (QED) is 0.557. The SMILES string of the molecule is COc1ccc2cc(-c3nc4c(s3)CN(CC(=O)N3CCN(C5CCC5)CC3)CC4)ccc2c1. The number of methoxy groups -OCH3 is 1. The number of thiazole rings is 1. The molecule has 2 aromatic carbocycles. The highest BCUT2D eigenvalue weighted by Gasteiger charge is 2.30. The summed E-state index contributed by atoms with van der Waals surface area (Å²) < 4.78 is 5.35. The van der Waals surface area contributed by atoms with E-state index in [2.05, 4.69) is 45.0 Å². The Bertz CT molecular complexity index is 1200. The van der Waals surface area contributed by atoms with Crippen LogP contribution in [0.1, 0.15) is 29.8 Å². The zero-order valence-corrected chi connectivity index (χ0v) is 20.6. The Kier molecular flexibility index (Phi) is 6.01. The third-order valence-electron chi connectivity index (χ3n) is 7.72. The first-order valence-corrected chi connectivity index (χ1v) is 13.3. The number of benzene rings is 2. The molecule has 178 valence electrons. The Morgan fingerprint density at radius 3 is 2.62 bits per heavy atom. The lowest BCUT2D eigenvalue weighted by Gasteiger charge is -2.43. The van der Waals surface area contributed by atoms with Gasteiger partial charge in [0.1, 0.15) is 10.8 Å². The smallest absolute Gasteiger partial charge is 0.236 e. The van der Waals surface area contributed by atoms with Crippen molar-refractivity contribution in [3.63, 3.8) is 0 Å². The third kappa shape index (κ3) is 4.32. The fourth-order valence-corrected chi connectivity index (χ4v) is 6.52. The second-order valence-electron chi connectivity index (χ2n) is 9.78. The van der Waals surface area contributed by atoms with Gasteiger partial charge < -0.3 is 9.64 Å². The van der Waals surface area contributed by atoms with Crippen LogP contribution in [0.25, 0.3) is 21.3 Å². The summed E-state index contributed by atoms with van der Waals surface area (Å²) in [5.74, 6) is 1.16. The Balaban J connectivity index is 1.09. The summed E-state index contributed by atoms with van der Waals surface area (Å²) in [6.45, 7) is 6.09. The average Bonchev–Trinajstić information content (AvgIpc) is 3.26. The minimum atomic E-state index is 0.284. The molecule has 3 aromatic rings. The Hall–Kier alpha value is -2.48. The molecule has 0 spiro atoms. The molecule has 3 heterocycles. The van der Waals surface area contributed by atoms with Crippen LogP contribution in [0.5, 0.6) is 5.75 Å². The van der Waals surface area contributed by atoms with Gasteiger partial charge in [-0.1, -0.05) is 24.6 Å². The van der Waals surface area contributed by atoms with Gasteiger partial charge in [-0.15, -0.1) is 11.3 Å². The molecule has 0 radical (unpaired) electrons. The summed E-state index contributed by atoms with van der Waals surface area (Å²) in [5.41, 5.74) is 2.36. The molecule has 1 saturated carbocycles.